The van der Waals surface area contributed by atoms with Gasteiger partial charge in [-0.2, -0.15) is 0 Å². The van der Waals surface area contributed by atoms with Crippen molar-refractivity contribution in [2.75, 3.05) is 4.90 Å². The molecule has 5 heteroatoms. The van der Waals surface area contributed by atoms with Crippen LogP contribution in [0.3, 0.4) is 0 Å². The highest BCUT2D eigenvalue weighted by Crippen LogP contribution is 2.41. The SMILES string of the molecule is CCc1cc(C2N(N)C=C(C)N2c2nccc3ccccc23)c(C)s1. The topological polar surface area (TPSA) is 45.4 Å². The first-order chi connectivity index (χ1) is 12.1. The van der Waals surface area contributed by atoms with Crippen LogP contribution < -0.4 is 10.7 Å². The van der Waals surface area contributed by atoms with E-state index in [1.165, 1.54) is 20.7 Å². The van der Waals surface area contributed by atoms with Gasteiger partial charge in [-0.3, -0.25) is 5.01 Å². The Morgan fingerprint density at radius 2 is 2.00 bits per heavy atom. The van der Waals surface area contributed by atoms with Gasteiger partial charge in [-0.05, 0) is 37.8 Å². The van der Waals surface area contributed by atoms with Crippen molar-refractivity contribution in [3.05, 3.63) is 69.8 Å². The number of fused-ring (bicyclic) bond motifs is 1. The third kappa shape index (κ3) is 2.60. The number of anilines is 1. The van der Waals surface area contributed by atoms with Crippen molar-refractivity contribution in [3.63, 3.8) is 0 Å². The first kappa shape index (κ1) is 16.1. The second-order valence-corrected chi connectivity index (χ2v) is 7.74. The summed E-state index contributed by atoms with van der Waals surface area (Å²) in [4.78, 5) is 9.66. The highest BCUT2D eigenvalue weighted by molar-refractivity contribution is 7.12. The highest BCUT2D eigenvalue weighted by atomic mass is 32.1. The summed E-state index contributed by atoms with van der Waals surface area (Å²) in [5.41, 5.74) is 2.35. The maximum absolute atomic E-state index is 6.38. The normalized spacial score (nSPS) is 17.4. The molecular weight excluding hydrogens is 328 g/mol. The number of aromatic nitrogens is 1. The van der Waals surface area contributed by atoms with Crippen molar-refractivity contribution < 1.29 is 0 Å². The van der Waals surface area contributed by atoms with Gasteiger partial charge in [0.05, 0.1) is 0 Å². The van der Waals surface area contributed by atoms with Crippen LogP contribution in [0.4, 0.5) is 5.82 Å². The number of nitrogens with zero attached hydrogens (tertiary/aromatic N) is 3. The van der Waals surface area contributed by atoms with Gasteiger partial charge in [-0.15, -0.1) is 11.3 Å². The molecule has 0 radical (unpaired) electrons. The molecular formula is C20H22N4S. The average molecular weight is 350 g/mol. The molecule has 3 aromatic rings. The zero-order valence-electron chi connectivity index (χ0n) is 14.7. The highest BCUT2D eigenvalue weighted by Gasteiger charge is 2.34. The van der Waals surface area contributed by atoms with Crippen molar-refractivity contribution in [2.45, 2.75) is 33.4 Å². The number of allylic oxidation sites excluding steroid dienone is 1. The average Bonchev–Trinajstić information content (AvgIpc) is 3.12. The molecule has 1 aromatic carbocycles. The van der Waals surface area contributed by atoms with E-state index in [4.69, 9.17) is 10.8 Å². The van der Waals surface area contributed by atoms with Gasteiger partial charge in [0.2, 0.25) is 0 Å². The number of rotatable bonds is 3. The minimum atomic E-state index is -0.0603. The summed E-state index contributed by atoms with van der Waals surface area (Å²) in [7, 11) is 0. The Morgan fingerprint density at radius 3 is 2.76 bits per heavy atom. The molecule has 25 heavy (non-hydrogen) atoms. The first-order valence-electron chi connectivity index (χ1n) is 8.53. The zero-order valence-corrected chi connectivity index (χ0v) is 15.5. The minimum absolute atomic E-state index is 0.0603. The smallest absolute Gasteiger partial charge is 0.148 e. The lowest BCUT2D eigenvalue weighted by Gasteiger charge is -2.31. The molecule has 2 aromatic heterocycles. The summed E-state index contributed by atoms with van der Waals surface area (Å²) in [6.07, 6.45) is 4.85. The Bertz CT molecular complexity index is 954. The molecule has 1 aliphatic rings. The summed E-state index contributed by atoms with van der Waals surface area (Å²) in [6.45, 7) is 6.46. The molecule has 0 saturated heterocycles. The maximum atomic E-state index is 6.38. The van der Waals surface area contributed by atoms with Crippen LogP contribution in [0, 0.1) is 6.92 Å². The molecule has 0 aliphatic carbocycles. The summed E-state index contributed by atoms with van der Waals surface area (Å²) in [5.74, 6) is 7.34. The van der Waals surface area contributed by atoms with Gasteiger partial charge in [0.15, 0.2) is 0 Å². The molecule has 2 N–H and O–H groups in total. The molecule has 1 aliphatic heterocycles. The Hall–Kier alpha value is -2.37. The van der Waals surface area contributed by atoms with Crippen molar-refractivity contribution in [3.8, 4) is 0 Å². The van der Waals surface area contributed by atoms with E-state index in [0.717, 1.165) is 23.3 Å². The van der Waals surface area contributed by atoms with E-state index in [2.05, 4.69) is 56.0 Å². The number of hydrogen-bond donors (Lipinski definition) is 1. The monoisotopic (exact) mass is 350 g/mol. The van der Waals surface area contributed by atoms with Gasteiger partial charge >= 0.3 is 0 Å². The van der Waals surface area contributed by atoms with Gasteiger partial charge in [-0.25, -0.2) is 10.8 Å². The number of pyridine rings is 1. The third-order valence-electron chi connectivity index (χ3n) is 4.76. The van der Waals surface area contributed by atoms with E-state index in [1.807, 2.05) is 29.8 Å². The van der Waals surface area contributed by atoms with E-state index in [1.54, 1.807) is 5.01 Å². The molecule has 0 spiro atoms. The summed E-state index contributed by atoms with van der Waals surface area (Å²) in [6, 6.07) is 12.7. The van der Waals surface area contributed by atoms with E-state index in [9.17, 15) is 0 Å². The predicted molar refractivity (Wildman–Crippen MR) is 105 cm³/mol. The molecule has 0 saturated carbocycles. The molecule has 0 fully saturated rings. The lowest BCUT2D eigenvalue weighted by molar-refractivity contribution is 0.315. The van der Waals surface area contributed by atoms with Crippen molar-refractivity contribution >= 4 is 27.9 Å². The Labute approximate surface area is 152 Å². The van der Waals surface area contributed by atoms with Crippen LogP contribution >= 0.6 is 11.3 Å². The number of aryl methyl sites for hydroxylation is 2. The zero-order chi connectivity index (χ0) is 17.6. The predicted octanol–water partition coefficient (Wildman–Crippen LogP) is 4.72. The Morgan fingerprint density at radius 1 is 1.20 bits per heavy atom. The summed E-state index contributed by atoms with van der Waals surface area (Å²) >= 11 is 1.85. The molecule has 4 nitrogen and oxygen atoms in total. The van der Waals surface area contributed by atoms with Crippen molar-refractivity contribution in [1.29, 1.82) is 0 Å². The van der Waals surface area contributed by atoms with Crippen LogP contribution in [-0.2, 0) is 6.42 Å². The molecule has 128 valence electrons. The quantitative estimate of drug-likeness (QED) is 0.694. The van der Waals surface area contributed by atoms with Crippen LogP contribution in [0.2, 0.25) is 0 Å². The van der Waals surface area contributed by atoms with E-state index in [-0.39, 0.29) is 6.17 Å². The van der Waals surface area contributed by atoms with Crippen LogP contribution in [0.25, 0.3) is 10.8 Å². The summed E-state index contributed by atoms with van der Waals surface area (Å²) < 4.78 is 0. The number of benzene rings is 1. The van der Waals surface area contributed by atoms with Gasteiger partial charge < -0.3 is 4.90 Å². The standard InChI is InChI=1S/C20H22N4S/c1-4-16-11-18(14(3)25-16)20-23(21)12-13(2)24(20)19-17-8-6-5-7-15(17)9-10-22-19/h5-12,20H,4,21H2,1-3H3. The third-order valence-corrected chi connectivity index (χ3v) is 5.97. The number of hydrogen-bond acceptors (Lipinski definition) is 5. The van der Waals surface area contributed by atoms with Crippen LogP contribution in [0.15, 0.2) is 54.5 Å². The molecule has 0 bridgehead atoms. The second kappa shape index (κ2) is 6.17. The van der Waals surface area contributed by atoms with Gasteiger partial charge in [0, 0.05) is 38.8 Å². The molecule has 0 amide bonds. The largest absolute Gasteiger partial charge is 0.302 e. The minimum Gasteiger partial charge on any atom is -0.302 e. The fourth-order valence-electron chi connectivity index (χ4n) is 3.54. The summed E-state index contributed by atoms with van der Waals surface area (Å²) in [5, 5.41) is 4.13. The number of thiophene rings is 1. The van der Waals surface area contributed by atoms with Gasteiger partial charge in [-0.1, -0.05) is 31.2 Å². The van der Waals surface area contributed by atoms with E-state index in [0.29, 0.717) is 0 Å². The molecule has 4 rings (SSSR count). The molecule has 3 heterocycles. The lowest BCUT2D eigenvalue weighted by Crippen LogP contribution is -2.36. The van der Waals surface area contributed by atoms with Crippen LogP contribution in [-0.4, -0.2) is 9.99 Å². The van der Waals surface area contributed by atoms with Crippen molar-refractivity contribution in [1.82, 2.24) is 9.99 Å². The molecule has 1 atom stereocenters. The van der Waals surface area contributed by atoms with Crippen LogP contribution in [0.5, 0.6) is 0 Å². The van der Waals surface area contributed by atoms with E-state index < -0.39 is 0 Å². The fraction of sp³-hybridized carbons (Fsp3) is 0.250. The number of nitrogens with two attached hydrogens (primary N) is 1. The lowest BCUT2D eigenvalue weighted by atomic mass is 10.1. The van der Waals surface area contributed by atoms with Gasteiger partial charge in [0.25, 0.3) is 0 Å². The molecule has 1 unspecified atom stereocenters. The Balaban J connectivity index is 1.88. The Kier molecular flexibility index (Phi) is 3.98. The van der Waals surface area contributed by atoms with Crippen molar-refractivity contribution in [2.24, 2.45) is 5.84 Å². The maximum Gasteiger partial charge on any atom is 0.148 e. The van der Waals surface area contributed by atoms with E-state index >= 15 is 0 Å². The first-order valence-corrected chi connectivity index (χ1v) is 9.35. The number of hydrazine groups is 1. The second-order valence-electron chi connectivity index (χ2n) is 6.39. The fourth-order valence-corrected chi connectivity index (χ4v) is 4.55. The van der Waals surface area contributed by atoms with Gasteiger partial charge in [0.1, 0.15) is 12.0 Å². The van der Waals surface area contributed by atoms with Crippen LogP contribution in [0.1, 0.15) is 35.3 Å².